The zero-order chi connectivity index (χ0) is 21.9. The molecular formula is C25H24ClNO3. The molecule has 0 spiro atoms. The molecule has 0 heterocycles. The van der Waals surface area contributed by atoms with Crippen LogP contribution in [0.4, 0.5) is 0 Å². The van der Waals surface area contributed by atoms with Crippen molar-refractivity contribution in [2.24, 2.45) is 5.92 Å². The molecule has 0 saturated carbocycles. The van der Waals surface area contributed by atoms with Gasteiger partial charge in [0.05, 0.1) is 12.0 Å². The van der Waals surface area contributed by atoms with Crippen molar-refractivity contribution in [3.8, 4) is 17.6 Å². The van der Waals surface area contributed by atoms with Gasteiger partial charge in [-0.1, -0.05) is 67.9 Å². The predicted molar refractivity (Wildman–Crippen MR) is 119 cm³/mol. The maximum absolute atomic E-state index is 9.81. The summed E-state index contributed by atoms with van der Waals surface area (Å²) in [7, 11) is 0. The lowest BCUT2D eigenvalue weighted by atomic mass is 9.92. The summed E-state index contributed by atoms with van der Waals surface area (Å²) in [5, 5.41) is 18.3. The van der Waals surface area contributed by atoms with Gasteiger partial charge in [-0.25, -0.2) is 0 Å². The molecule has 1 N–H and O–H groups in total. The average molecular weight is 422 g/mol. The maximum atomic E-state index is 9.81. The molecule has 0 saturated heterocycles. The highest BCUT2D eigenvalue weighted by Crippen LogP contribution is 2.29. The van der Waals surface area contributed by atoms with Crippen LogP contribution in [0.3, 0.4) is 0 Å². The van der Waals surface area contributed by atoms with Crippen molar-refractivity contribution >= 4 is 17.6 Å². The first-order valence-corrected chi connectivity index (χ1v) is 9.96. The fourth-order valence-corrected chi connectivity index (χ4v) is 2.85. The molecule has 30 heavy (non-hydrogen) atoms. The molecule has 3 aromatic rings. The fraction of sp³-hybridized carbons (Fsp3) is 0.200. The van der Waals surface area contributed by atoms with Gasteiger partial charge in [-0.05, 0) is 53.4 Å². The third kappa shape index (κ3) is 7.62. The second-order valence-corrected chi connectivity index (χ2v) is 7.53. The Morgan fingerprint density at radius 3 is 2.13 bits per heavy atom. The first kappa shape index (κ1) is 23.0. The van der Waals surface area contributed by atoms with Crippen LogP contribution < -0.4 is 4.74 Å². The third-order valence-corrected chi connectivity index (χ3v) is 4.34. The molecule has 5 heteroatoms. The van der Waals surface area contributed by atoms with E-state index in [-0.39, 0.29) is 18.3 Å². The minimum absolute atomic E-state index is 0.275. The summed E-state index contributed by atoms with van der Waals surface area (Å²) in [6.45, 7) is 3.77. The van der Waals surface area contributed by atoms with E-state index in [0.717, 1.165) is 16.9 Å². The van der Waals surface area contributed by atoms with E-state index in [9.17, 15) is 10.1 Å². The summed E-state index contributed by atoms with van der Waals surface area (Å²) in [6.07, 6.45) is 0.278. The number of carboxylic acid groups (broad SMARTS) is 1. The molecule has 1 atom stereocenters. The fourth-order valence-electron chi connectivity index (χ4n) is 2.73. The summed E-state index contributed by atoms with van der Waals surface area (Å²) in [5.74, 6) is 0.687. The summed E-state index contributed by atoms with van der Waals surface area (Å²) in [5.41, 5.74) is 1.80. The van der Waals surface area contributed by atoms with Crippen LogP contribution in [-0.4, -0.2) is 11.1 Å². The Morgan fingerprint density at radius 1 is 0.967 bits per heavy atom. The standard InChI is InChI=1S/C20H14ClNO.C5H10O2/c21-17-11-9-15(10-12-17)20(14-22)16-5-4-8-19(13-16)23-18-6-2-1-3-7-18;1-4(2)3-5(6)7/h1-13,20H;4H,3H2,1-2H3,(H,6,7)/t20-;/m0./s1. The van der Waals surface area contributed by atoms with Gasteiger partial charge in [0, 0.05) is 11.4 Å². The molecule has 154 valence electrons. The van der Waals surface area contributed by atoms with Crippen molar-refractivity contribution in [1.29, 1.82) is 5.26 Å². The number of hydrogen-bond acceptors (Lipinski definition) is 3. The van der Waals surface area contributed by atoms with Gasteiger partial charge in [0.1, 0.15) is 11.5 Å². The molecule has 0 aromatic heterocycles. The Morgan fingerprint density at radius 2 is 1.60 bits per heavy atom. The Balaban J connectivity index is 0.000000396. The number of hydrogen-bond donors (Lipinski definition) is 1. The molecule has 0 aliphatic heterocycles. The van der Waals surface area contributed by atoms with Gasteiger partial charge in [0.2, 0.25) is 0 Å². The van der Waals surface area contributed by atoms with E-state index in [1.54, 1.807) is 12.1 Å². The minimum Gasteiger partial charge on any atom is -0.481 e. The number of ether oxygens (including phenoxy) is 1. The van der Waals surface area contributed by atoms with Gasteiger partial charge in [-0.3, -0.25) is 4.79 Å². The lowest BCUT2D eigenvalue weighted by Gasteiger charge is -2.12. The summed E-state index contributed by atoms with van der Waals surface area (Å²) >= 11 is 5.92. The number of carboxylic acids is 1. The zero-order valence-electron chi connectivity index (χ0n) is 17.0. The molecule has 0 bridgehead atoms. The summed E-state index contributed by atoms with van der Waals surface area (Å²) in [6, 6.07) is 26.9. The quantitative estimate of drug-likeness (QED) is 0.469. The molecule has 0 fully saturated rings. The van der Waals surface area contributed by atoms with Crippen LogP contribution in [-0.2, 0) is 4.79 Å². The van der Waals surface area contributed by atoms with E-state index in [4.69, 9.17) is 21.4 Å². The second kappa shape index (κ2) is 11.6. The van der Waals surface area contributed by atoms with Crippen LogP contribution in [0.5, 0.6) is 11.5 Å². The van der Waals surface area contributed by atoms with Crippen LogP contribution in [0.15, 0.2) is 78.9 Å². The molecular weight excluding hydrogens is 398 g/mol. The smallest absolute Gasteiger partial charge is 0.303 e. The van der Waals surface area contributed by atoms with Gasteiger partial charge >= 0.3 is 5.97 Å². The van der Waals surface area contributed by atoms with E-state index in [0.29, 0.717) is 10.8 Å². The average Bonchev–Trinajstić information content (AvgIpc) is 2.70. The maximum Gasteiger partial charge on any atom is 0.303 e. The van der Waals surface area contributed by atoms with Gasteiger partial charge in [0.25, 0.3) is 0 Å². The van der Waals surface area contributed by atoms with E-state index >= 15 is 0 Å². The Kier molecular flexibility index (Phi) is 8.93. The summed E-state index contributed by atoms with van der Waals surface area (Å²) < 4.78 is 5.84. The van der Waals surface area contributed by atoms with E-state index in [2.05, 4.69) is 6.07 Å². The SMILES string of the molecule is CC(C)CC(=O)O.N#C[C@@H](c1ccc(Cl)cc1)c1cccc(Oc2ccccc2)c1. The predicted octanol–water partition coefficient (Wildman–Crippen LogP) is 6.90. The number of para-hydroxylation sites is 1. The Bertz CT molecular complexity index is 979. The highest BCUT2D eigenvalue weighted by atomic mass is 35.5. The molecule has 4 nitrogen and oxygen atoms in total. The van der Waals surface area contributed by atoms with Crippen molar-refractivity contribution in [3.05, 3.63) is 95.0 Å². The van der Waals surface area contributed by atoms with Crippen LogP contribution in [0.1, 0.15) is 37.3 Å². The van der Waals surface area contributed by atoms with Crippen LogP contribution in [0.2, 0.25) is 5.02 Å². The van der Waals surface area contributed by atoms with Gasteiger partial charge in [-0.15, -0.1) is 0 Å². The third-order valence-electron chi connectivity index (χ3n) is 4.09. The molecule has 0 aliphatic carbocycles. The molecule has 0 unspecified atom stereocenters. The Hall–Kier alpha value is -3.29. The van der Waals surface area contributed by atoms with E-state index in [1.165, 1.54) is 0 Å². The highest BCUT2D eigenvalue weighted by molar-refractivity contribution is 6.30. The largest absolute Gasteiger partial charge is 0.481 e. The number of benzene rings is 3. The highest BCUT2D eigenvalue weighted by Gasteiger charge is 2.14. The number of carbonyl (C=O) groups is 1. The van der Waals surface area contributed by atoms with E-state index in [1.807, 2.05) is 80.6 Å². The van der Waals surface area contributed by atoms with Crippen molar-refractivity contribution < 1.29 is 14.6 Å². The molecule has 0 radical (unpaired) electrons. The molecule has 3 rings (SSSR count). The van der Waals surface area contributed by atoms with Crippen LogP contribution in [0, 0.1) is 17.2 Å². The van der Waals surface area contributed by atoms with Crippen molar-refractivity contribution in [1.82, 2.24) is 0 Å². The molecule has 3 aromatic carbocycles. The zero-order valence-corrected chi connectivity index (χ0v) is 17.7. The number of rotatable bonds is 6. The second-order valence-electron chi connectivity index (χ2n) is 7.09. The number of aliphatic carboxylic acids is 1. The lowest BCUT2D eigenvalue weighted by Crippen LogP contribution is -1.99. The summed E-state index contributed by atoms with van der Waals surface area (Å²) in [4.78, 5) is 9.81. The van der Waals surface area contributed by atoms with Gasteiger partial charge in [0.15, 0.2) is 0 Å². The van der Waals surface area contributed by atoms with Crippen molar-refractivity contribution in [2.75, 3.05) is 0 Å². The first-order chi connectivity index (χ1) is 14.4. The number of nitrogens with zero attached hydrogens (tertiary/aromatic N) is 1. The van der Waals surface area contributed by atoms with Gasteiger partial charge < -0.3 is 9.84 Å². The normalized spacial score (nSPS) is 11.0. The Labute approximate surface area is 182 Å². The van der Waals surface area contributed by atoms with Crippen LogP contribution >= 0.6 is 11.6 Å². The first-order valence-electron chi connectivity index (χ1n) is 9.58. The van der Waals surface area contributed by atoms with Gasteiger partial charge in [-0.2, -0.15) is 5.26 Å². The van der Waals surface area contributed by atoms with Crippen molar-refractivity contribution in [3.63, 3.8) is 0 Å². The monoisotopic (exact) mass is 421 g/mol. The number of halogens is 1. The minimum atomic E-state index is -0.713. The topological polar surface area (TPSA) is 70.3 Å². The molecule has 0 amide bonds. The number of nitriles is 1. The lowest BCUT2D eigenvalue weighted by molar-refractivity contribution is -0.137. The van der Waals surface area contributed by atoms with E-state index < -0.39 is 5.97 Å². The van der Waals surface area contributed by atoms with Crippen molar-refractivity contribution in [2.45, 2.75) is 26.2 Å². The van der Waals surface area contributed by atoms with Crippen LogP contribution in [0.25, 0.3) is 0 Å². The molecule has 0 aliphatic rings.